The van der Waals surface area contributed by atoms with Gasteiger partial charge >= 0.3 is 5.97 Å². The van der Waals surface area contributed by atoms with E-state index < -0.39 is 16.0 Å². The van der Waals surface area contributed by atoms with E-state index in [1.54, 1.807) is 19.1 Å². The summed E-state index contributed by atoms with van der Waals surface area (Å²) in [6.07, 6.45) is 2.94. The summed E-state index contributed by atoms with van der Waals surface area (Å²) in [5.74, 6) is -0.876. The zero-order valence-electron chi connectivity index (χ0n) is 14.5. The fraction of sp³-hybridized carbons (Fsp3) is 0.412. The van der Waals surface area contributed by atoms with Crippen LogP contribution >= 0.6 is 0 Å². The lowest BCUT2D eigenvalue weighted by Crippen LogP contribution is -2.38. The average Bonchev–Trinajstić information content (AvgIpc) is 2.86. The SMILES string of the molecule is CC/C=C(/C)C(=O)OCC(=O)N1c2ccc(S(N)(=O)=O)cc2CC1C. The maximum atomic E-state index is 12.5. The van der Waals surface area contributed by atoms with E-state index in [2.05, 4.69) is 0 Å². The highest BCUT2D eigenvalue weighted by Crippen LogP contribution is 2.33. The third-order valence-electron chi connectivity index (χ3n) is 4.02. The zero-order valence-corrected chi connectivity index (χ0v) is 15.3. The molecular formula is C17H22N2O5S. The van der Waals surface area contributed by atoms with Gasteiger partial charge in [0.1, 0.15) is 0 Å². The summed E-state index contributed by atoms with van der Waals surface area (Å²) < 4.78 is 28.0. The highest BCUT2D eigenvalue weighted by Gasteiger charge is 2.32. The highest BCUT2D eigenvalue weighted by molar-refractivity contribution is 7.89. The van der Waals surface area contributed by atoms with Crippen LogP contribution in [0.1, 0.15) is 32.8 Å². The van der Waals surface area contributed by atoms with E-state index >= 15 is 0 Å². The molecule has 1 unspecified atom stereocenters. The van der Waals surface area contributed by atoms with Crippen molar-refractivity contribution in [3.05, 3.63) is 35.4 Å². The van der Waals surface area contributed by atoms with Crippen LogP contribution in [0.5, 0.6) is 0 Å². The second-order valence-electron chi connectivity index (χ2n) is 6.02. The zero-order chi connectivity index (χ0) is 18.8. The minimum Gasteiger partial charge on any atom is -0.452 e. The number of anilines is 1. The number of fused-ring (bicyclic) bond motifs is 1. The first kappa shape index (κ1) is 19.1. The third kappa shape index (κ3) is 4.26. The molecule has 0 saturated carbocycles. The molecule has 1 atom stereocenters. The van der Waals surface area contributed by atoms with E-state index in [1.807, 2.05) is 13.8 Å². The summed E-state index contributed by atoms with van der Waals surface area (Å²) in [7, 11) is -3.80. The molecule has 1 aliphatic heterocycles. The van der Waals surface area contributed by atoms with Crippen molar-refractivity contribution in [2.75, 3.05) is 11.5 Å². The van der Waals surface area contributed by atoms with Gasteiger partial charge in [-0.1, -0.05) is 13.0 Å². The molecule has 1 amide bonds. The van der Waals surface area contributed by atoms with Crippen LogP contribution in [0.15, 0.2) is 34.7 Å². The number of nitrogens with two attached hydrogens (primary N) is 1. The van der Waals surface area contributed by atoms with Crippen LogP contribution in [0.25, 0.3) is 0 Å². The van der Waals surface area contributed by atoms with Crippen molar-refractivity contribution in [1.29, 1.82) is 0 Å². The molecule has 25 heavy (non-hydrogen) atoms. The van der Waals surface area contributed by atoms with E-state index in [4.69, 9.17) is 9.88 Å². The lowest BCUT2D eigenvalue weighted by atomic mass is 10.1. The monoisotopic (exact) mass is 366 g/mol. The Morgan fingerprint density at radius 1 is 1.40 bits per heavy atom. The van der Waals surface area contributed by atoms with Crippen LogP contribution in [-0.2, 0) is 30.8 Å². The quantitative estimate of drug-likeness (QED) is 0.628. The van der Waals surface area contributed by atoms with Crippen molar-refractivity contribution in [2.45, 2.75) is 44.6 Å². The number of nitrogens with zero attached hydrogens (tertiary/aromatic N) is 1. The number of primary sulfonamides is 1. The number of hydrogen-bond acceptors (Lipinski definition) is 5. The molecule has 0 aromatic heterocycles. The summed E-state index contributed by atoms with van der Waals surface area (Å²) in [6.45, 7) is 5.02. The maximum absolute atomic E-state index is 12.5. The second-order valence-corrected chi connectivity index (χ2v) is 7.59. The Kier molecular flexibility index (Phi) is 5.64. The number of carbonyl (C=O) groups excluding carboxylic acids is 2. The Balaban J connectivity index is 2.15. The topological polar surface area (TPSA) is 107 Å². The number of esters is 1. The van der Waals surface area contributed by atoms with Crippen molar-refractivity contribution in [3.8, 4) is 0 Å². The molecule has 0 bridgehead atoms. The first-order chi connectivity index (χ1) is 11.6. The predicted octanol–water partition coefficient (Wildman–Crippen LogP) is 1.51. The Labute approximate surface area is 147 Å². The van der Waals surface area contributed by atoms with Crippen LogP contribution in [0, 0.1) is 0 Å². The van der Waals surface area contributed by atoms with Gasteiger partial charge in [0.25, 0.3) is 5.91 Å². The lowest BCUT2D eigenvalue weighted by Gasteiger charge is -2.22. The van der Waals surface area contributed by atoms with E-state index in [-0.39, 0.29) is 23.5 Å². The van der Waals surface area contributed by atoms with Gasteiger partial charge in [0.15, 0.2) is 6.61 Å². The number of ether oxygens (including phenoxy) is 1. The number of benzene rings is 1. The van der Waals surface area contributed by atoms with Gasteiger partial charge in [-0.05, 0) is 50.5 Å². The fourth-order valence-electron chi connectivity index (χ4n) is 2.86. The van der Waals surface area contributed by atoms with Gasteiger partial charge in [-0.25, -0.2) is 18.4 Å². The van der Waals surface area contributed by atoms with E-state index in [9.17, 15) is 18.0 Å². The largest absolute Gasteiger partial charge is 0.452 e. The molecular weight excluding hydrogens is 344 g/mol. The van der Waals surface area contributed by atoms with Crippen LogP contribution in [-0.4, -0.2) is 32.9 Å². The van der Waals surface area contributed by atoms with Crippen LogP contribution in [0.4, 0.5) is 5.69 Å². The summed E-state index contributed by atoms with van der Waals surface area (Å²) in [4.78, 5) is 25.8. The standard InChI is InChI=1S/C17H22N2O5S/c1-4-5-11(2)17(21)24-10-16(20)19-12(3)8-13-9-14(25(18,22)23)6-7-15(13)19/h5-7,9,12H,4,8,10H2,1-3H3,(H2,18,22,23)/b11-5-. The molecule has 1 aromatic rings. The van der Waals surface area contributed by atoms with Crippen molar-refractivity contribution in [3.63, 3.8) is 0 Å². The Morgan fingerprint density at radius 2 is 2.08 bits per heavy atom. The van der Waals surface area contributed by atoms with Crippen molar-refractivity contribution < 1.29 is 22.7 Å². The van der Waals surface area contributed by atoms with Crippen molar-refractivity contribution in [1.82, 2.24) is 0 Å². The molecule has 2 rings (SSSR count). The Morgan fingerprint density at radius 3 is 2.68 bits per heavy atom. The van der Waals surface area contributed by atoms with Gasteiger partial charge in [-0.15, -0.1) is 0 Å². The van der Waals surface area contributed by atoms with Gasteiger partial charge in [0.05, 0.1) is 4.90 Å². The first-order valence-electron chi connectivity index (χ1n) is 7.96. The second kappa shape index (κ2) is 7.37. The number of hydrogen-bond donors (Lipinski definition) is 1. The molecule has 0 radical (unpaired) electrons. The van der Waals surface area contributed by atoms with Gasteiger partial charge in [-0.3, -0.25) is 4.79 Å². The number of amides is 1. The molecule has 136 valence electrons. The molecule has 8 heteroatoms. The van der Waals surface area contributed by atoms with Crippen LogP contribution in [0.3, 0.4) is 0 Å². The molecule has 2 N–H and O–H groups in total. The average molecular weight is 366 g/mol. The Hall–Kier alpha value is -2.19. The van der Waals surface area contributed by atoms with E-state index in [0.29, 0.717) is 24.1 Å². The summed E-state index contributed by atoms with van der Waals surface area (Å²) in [5.41, 5.74) is 1.80. The van der Waals surface area contributed by atoms with Crippen LogP contribution < -0.4 is 10.0 Å². The smallest absolute Gasteiger partial charge is 0.333 e. The molecule has 0 fully saturated rings. The van der Waals surface area contributed by atoms with Crippen molar-refractivity contribution >= 4 is 27.6 Å². The maximum Gasteiger partial charge on any atom is 0.333 e. The van der Waals surface area contributed by atoms with E-state index in [1.165, 1.54) is 17.0 Å². The number of sulfonamides is 1. The molecule has 0 spiro atoms. The first-order valence-corrected chi connectivity index (χ1v) is 9.51. The fourth-order valence-corrected chi connectivity index (χ4v) is 3.43. The summed E-state index contributed by atoms with van der Waals surface area (Å²) in [6, 6.07) is 4.24. The van der Waals surface area contributed by atoms with Gasteiger partial charge in [-0.2, -0.15) is 0 Å². The molecule has 0 aliphatic carbocycles. The molecule has 0 saturated heterocycles. The van der Waals surface area contributed by atoms with Gasteiger partial charge < -0.3 is 9.64 Å². The molecule has 1 heterocycles. The third-order valence-corrected chi connectivity index (χ3v) is 4.93. The van der Waals surface area contributed by atoms with Crippen molar-refractivity contribution in [2.24, 2.45) is 5.14 Å². The van der Waals surface area contributed by atoms with E-state index in [0.717, 1.165) is 5.56 Å². The number of carbonyl (C=O) groups is 2. The lowest BCUT2D eigenvalue weighted by molar-refractivity contribution is -0.144. The summed E-state index contributed by atoms with van der Waals surface area (Å²) >= 11 is 0. The Bertz CT molecular complexity index is 829. The molecule has 1 aliphatic rings. The molecule has 7 nitrogen and oxygen atoms in total. The minimum absolute atomic E-state index is 0.0134. The van der Waals surface area contributed by atoms with Crippen LogP contribution in [0.2, 0.25) is 0 Å². The van der Waals surface area contributed by atoms with Gasteiger partial charge in [0, 0.05) is 17.3 Å². The predicted molar refractivity (Wildman–Crippen MR) is 93.5 cm³/mol. The number of rotatable bonds is 5. The number of allylic oxidation sites excluding steroid dienone is 1. The highest BCUT2D eigenvalue weighted by atomic mass is 32.2. The normalized spacial score (nSPS) is 17.4. The minimum atomic E-state index is -3.80. The van der Waals surface area contributed by atoms with Gasteiger partial charge in [0.2, 0.25) is 10.0 Å². The molecule has 1 aromatic carbocycles. The summed E-state index contributed by atoms with van der Waals surface area (Å²) in [5, 5.41) is 5.14.